The van der Waals surface area contributed by atoms with Crippen LogP contribution in [0.25, 0.3) is 16.7 Å². The molecule has 36 heavy (non-hydrogen) atoms. The Morgan fingerprint density at radius 3 is 2.75 bits per heavy atom. The first-order valence-corrected chi connectivity index (χ1v) is 11.3. The fraction of sp³-hybridized carbons (Fsp3) is 0.320. The van der Waals surface area contributed by atoms with Crippen LogP contribution in [0.4, 0.5) is 10.1 Å². The molecule has 1 atom stereocenters. The predicted molar refractivity (Wildman–Crippen MR) is 135 cm³/mol. The fourth-order valence-electron chi connectivity index (χ4n) is 4.13. The summed E-state index contributed by atoms with van der Waals surface area (Å²) in [5.74, 6) is -0.132. The maximum Gasteiger partial charge on any atom is 0.222 e. The van der Waals surface area contributed by atoms with Gasteiger partial charge in [-0.05, 0) is 18.6 Å². The van der Waals surface area contributed by atoms with Crippen LogP contribution in [0, 0.1) is 5.82 Å². The van der Waals surface area contributed by atoms with Gasteiger partial charge in [0.05, 0.1) is 26.1 Å². The van der Waals surface area contributed by atoms with Crippen molar-refractivity contribution in [2.45, 2.75) is 25.4 Å². The number of pyridine rings is 1. The molecule has 2 N–H and O–H groups in total. The van der Waals surface area contributed by atoms with Crippen molar-refractivity contribution in [2.75, 3.05) is 28.3 Å². The van der Waals surface area contributed by atoms with Crippen LogP contribution >= 0.6 is 0 Å². The van der Waals surface area contributed by atoms with Crippen molar-refractivity contribution in [1.82, 2.24) is 19.4 Å². The summed E-state index contributed by atoms with van der Waals surface area (Å²) in [5.41, 5.74) is 8.50. The Kier molecular flexibility index (Phi) is 7.28. The molecule has 0 radical (unpaired) electrons. The molecule has 1 fully saturated rings. The highest BCUT2D eigenvalue weighted by molar-refractivity contribution is 6.08. The van der Waals surface area contributed by atoms with Crippen molar-refractivity contribution in [3.63, 3.8) is 0 Å². The van der Waals surface area contributed by atoms with Crippen LogP contribution in [-0.2, 0) is 11.3 Å². The van der Waals surface area contributed by atoms with Gasteiger partial charge in [-0.3, -0.25) is 14.8 Å². The van der Waals surface area contributed by atoms with Gasteiger partial charge in [-0.1, -0.05) is 0 Å². The summed E-state index contributed by atoms with van der Waals surface area (Å²) >= 11 is 0. The molecule has 1 saturated heterocycles. The minimum absolute atomic E-state index is 0.0141. The molecule has 1 aliphatic heterocycles. The monoisotopic (exact) mass is 493 g/mol. The number of halogens is 1. The molecule has 11 heteroatoms. The second-order valence-electron chi connectivity index (χ2n) is 8.25. The van der Waals surface area contributed by atoms with E-state index in [2.05, 4.69) is 15.0 Å². The van der Waals surface area contributed by atoms with Gasteiger partial charge in [0, 0.05) is 63.2 Å². The number of ether oxygens (including phenoxy) is 2. The lowest BCUT2D eigenvalue weighted by Gasteiger charge is -2.22. The zero-order chi connectivity index (χ0) is 25.8. The van der Waals surface area contributed by atoms with Gasteiger partial charge in [0.15, 0.2) is 17.2 Å². The molecule has 1 aromatic carbocycles. The molecule has 0 spiro atoms. The largest absolute Gasteiger partial charge is 0.497 e. The summed E-state index contributed by atoms with van der Waals surface area (Å²) in [7, 11) is 6.28. The number of allylic oxidation sites excluding steroid dienone is 1. The number of nitrogens with two attached hydrogens (primary N) is 1. The second kappa shape index (κ2) is 10.5. The number of carbonyl (C=O) groups excluding carboxylic acids is 1. The van der Waals surface area contributed by atoms with E-state index in [9.17, 15) is 4.79 Å². The first-order valence-electron chi connectivity index (χ1n) is 11.3. The maximum absolute atomic E-state index is 15.1. The molecule has 4 rings (SSSR count). The standard InChI is InChI=1S/C25H28FN7O3/c1-28-12-15(11-27)20-13-29-18-6-7-22(30-19-9-17(35-3)10-21(36-4)24(19)26)33(25(18)31-20)14-16-5-8-23(34)32(16)2/h6-7,9-13,16H,5,8,14,27H2,1-4H3. The predicted octanol–water partition coefficient (Wildman–Crippen LogP) is 2.44. The molecule has 1 unspecified atom stereocenters. The van der Waals surface area contributed by atoms with E-state index in [4.69, 9.17) is 20.2 Å². The zero-order valence-corrected chi connectivity index (χ0v) is 20.6. The first-order chi connectivity index (χ1) is 17.4. The van der Waals surface area contributed by atoms with Gasteiger partial charge in [0.2, 0.25) is 5.91 Å². The number of methoxy groups -OCH3 is 2. The van der Waals surface area contributed by atoms with Crippen LogP contribution in [0.5, 0.6) is 11.5 Å². The Bertz CT molecular complexity index is 1430. The average molecular weight is 494 g/mol. The molecule has 0 bridgehead atoms. The summed E-state index contributed by atoms with van der Waals surface area (Å²) in [6.07, 6.45) is 5.76. The Hall–Kier alpha value is -4.28. The Morgan fingerprint density at radius 2 is 2.11 bits per heavy atom. The zero-order valence-electron chi connectivity index (χ0n) is 20.6. The van der Waals surface area contributed by atoms with Crippen molar-refractivity contribution in [1.29, 1.82) is 0 Å². The third-order valence-electron chi connectivity index (χ3n) is 6.16. The van der Waals surface area contributed by atoms with Crippen molar-refractivity contribution in [2.24, 2.45) is 15.7 Å². The number of likely N-dealkylation sites (N-methyl/N-ethyl adjacent to an activating group) is 1. The minimum Gasteiger partial charge on any atom is -0.497 e. The molecular formula is C25H28FN7O3. The van der Waals surface area contributed by atoms with E-state index in [1.807, 2.05) is 4.57 Å². The van der Waals surface area contributed by atoms with Crippen LogP contribution in [0.1, 0.15) is 18.5 Å². The highest BCUT2D eigenvalue weighted by Gasteiger charge is 2.28. The molecule has 3 heterocycles. The molecule has 0 aliphatic carbocycles. The SMILES string of the molecule is CN=CC(=CN)c1cnc2ccc(=Nc3cc(OC)cc(OC)c3F)n(CC3CCC(=O)N3C)c2n1. The quantitative estimate of drug-likeness (QED) is 0.505. The van der Waals surface area contributed by atoms with E-state index in [-0.39, 0.29) is 23.4 Å². The number of likely N-dealkylation sites (tertiary alicyclic amines) is 1. The van der Waals surface area contributed by atoms with E-state index < -0.39 is 5.82 Å². The second-order valence-corrected chi connectivity index (χ2v) is 8.25. The number of aromatic nitrogens is 3. The summed E-state index contributed by atoms with van der Waals surface area (Å²) < 4.78 is 27.4. The fourth-order valence-corrected chi connectivity index (χ4v) is 4.13. The highest BCUT2D eigenvalue weighted by atomic mass is 19.1. The van der Waals surface area contributed by atoms with Crippen LogP contribution in [0.15, 0.2) is 46.6 Å². The molecule has 1 amide bonds. The van der Waals surface area contributed by atoms with Gasteiger partial charge < -0.3 is 24.7 Å². The van der Waals surface area contributed by atoms with E-state index in [1.165, 1.54) is 32.6 Å². The topological polar surface area (TPSA) is 120 Å². The normalized spacial score (nSPS) is 17.0. The lowest BCUT2D eigenvalue weighted by molar-refractivity contribution is -0.127. The Labute approximate surface area is 207 Å². The summed E-state index contributed by atoms with van der Waals surface area (Å²) in [4.78, 5) is 31.9. The van der Waals surface area contributed by atoms with Crippen molar-refractivity contribution in [3.8, 4) is 11.5 Å². The maximum atomic E-state index is 15.1. The van der Waals surface area contributed by atoms with Crippen LogP contribution in [-0.4, -0.2) is 65.9 Å². The number of rotatable bonds is 7. The van der Waals surface area contributed by atoms with E-state index >= 15 is 4.39 Å². The van der Waals surface area contributed by atoms with Crippen molar-refractivity contribution < 1.29 is 18.7 Å². The van der Waals surface area contributed by atoms with Gasteiger partial charge in [-0.15, -0.1) is 0 Å². The summed E-state index contributed by atoms with van der Waals surface area (Å²) in [6, 6.07) is 6.37. The molecule has 188 valence electrons. The van der Waals surface area contributed by atoms with Crippen LogP contribution in [0.2, 0.25) is 0 Å². The Balaban J connectivity index is 1.98. The number of aliphatic imine (C=N–C) groups is 1. The number of benzene rings is 1. The first kappa shape index (κ1) is 24.8. The summed E-state index contributed by atoms with van der Waals surface area (Å²) in [6.45, 7) is 0.392. The van der Waals surface area contributed by atoms with E-state index in [0.29, 0.717) is 53.1 Å². The molecule has 1 aliphatic rings. The van der Waals surface area contributed by atoms with E-state index in [0.717, 1.165) is 0 Å². The summed E-state index contributed by atoms with van der Waals surface area (Å²) in [5, 5.41) is 0. The van der Waals surface area contributed by atoms with Gasteiger partial charge >= 0.3 is 0 Å². The minimum atomic E-state index is -0.620. The average Bonchev–Trinajstić information content (AvgIpc) is 3.21. The lowest BCUT2D eigenvalue weighted by atomic mass is 10.2. The number of amides is 1. The molecule has 2 aromatic heterocycles. The van der Waals surface area contributed by atoms with Gasteiger partial charge in [0.25, 0.3) is 0 Å². The number of nitrogens with zero attached hydrogens (tertiary/aromatic N) is 6. The number of carbonyl (C=O) groups is 1. The van der Waals surface area contributed by atoms with Crippen LogP contribution < -0.4 is 20.7 Å². The molecule has 10 nitrogen and oxygen atoms in total. The highest BCUT2D eigenvalue weighted by Crippen LogP contribution is 2.32. The number of hydrogen-bond donors (Lipinski definition) is 1. The van der Waals surface area contributed by atoms with Gasteiger partial charge in [-0.2, -0.15) is 0 Å². The van der Waals surface area contributed by atoms with E-state index in [1.54, 1.807) is 43.5 Å². The Morgan fingerprint density at radius 1 is 1.31 bits per heavy atom. The van der Waals surface area contributed by atoms with Crippen molar-refractivity contribution >= 4 is 34.5 Å². The third kappa shape index (κ3) is 4.77. The van der Waals surface area contributed by atoms with Gasteiger partial charge in [-0.25, -0.2) is 14.4 Å². The molecular weight excluding hydrogens is 465 g/mol. The van der Waals surface area contributed by atoms with Gasteiger partial charge in [0.1, 0.15) is 22.4 Å². The third-order valence-corrected chi connectivity index (χ3v) is 6.16. The van der Waals surface area contributed by atoms with Crippen LogP contribution in [0.3, 0.4) is 0 Å². The molecule has 0 saturated carbocycles. The van der Waals surface area contributed by atoms with Crippen molar-refractivity contribution in [3.05, 3.63) is 53.7 Å². The molecule has 3 aromatic rings. The number of hydrogen-bond acceptors (Lipinski definition) is 8. The smallest absolute Gasteiger partial charge is 0.222 e. The number of fused-ring (bicyclic) bond motifs is 1. The lowest BCUT2D eigenvalue weighted by Crippen LogP contribution is -2.36.